The Balaban J connectivity index is 1.47. The molecule has 0 bridgehead atoms. The van der Waals surface area contributed by atoms with Crippen LogP contribution in [0.3, 0.4) is 0 Å². The molecule has 1 amide bonds. The topological polar surface area (TPSA) is 99.6 Å². The first kappa shape index (κ1) is 20.0. The molecular weight excluding hydrogens is 414 g/mol. The lowest BCUT2D eigenvalue weighted by atomic mass is 9.79. The van der Waals surface area contributed by atoms with Crippen LogP contribution in [-0.4, -0.2) is 46.8 Å². The predicted molar refractivity (Wildman–Crippen MR) is 117 cm³/mol. The van der Waals surface area contributed by atoms with Gasteiger partial charge >= 0.3 is 0 Å². The van der Waals surface area contributed by atoms with Crippen LogP contribution in [0.25, 0.3) is 11.4 Å². The standard InChI is InChI=1S/C21H25N7O2S/c1-13-18(20(30)28(26(13)2)15-9-4-3-5-10-15)27-21(23-24-25-27)31-17-12-14-8-6-7-11-16(14)22-19(17)29/h3-5,9-10,14,16-17H,6-8,11-12H2,1-2H3,(H,22,29). The van der Waals surface area contributed by atoms with Crippen molar-refractivity contribution in [3.05, 3.63) is 46.4 Å². The smallest absolute Gasteiger partial charge is 0.297 e. The van der Waals surface area contributed by atoms with Gasteiger partial charge in [-0.15, -0.1) is 5.10 Å². The molecule has 9 nitrogen and oxygen atoms in total. The zero-order chi connectivity index (χ0) is 21.5. The first-order valence-corrected chi connectivity index (χ1v) is 11.5. The van der Waals surface area contributed by atoms with E-state index < -0.39 is 0 Å². The molecule has 2 fully saturated rings. The Labute approximate surface area is 183 Å². The number of amides is 1. The highest BCUT2D eigenvalue weighted by atomic mass is 32.2. The predicted octanol–water partition coefficient (Wildman–Crippen LogP) is 2.00. The monoisotopic (exact) mass is 439 g/mol. The van der Waals surface area contributed by atoms with E-state index in [1.165, 1.54) is 29.3 Å². The maximum atomic E-state index is 13.3. The number of para-hydroxylation sites is 1. The number of thioether (sulfide) groups is 1. The van der Waals surface area contributed by atoms with Crippen LogP contribution in [0, 0.1) is 12.8 Å². The number of hydrogen-bond donors (Lipinski definition) is 1. The Morgan fingerprint density at radius 2 is 1.90 bits per heavy atom. The molecule has 3 aromatic rings. The first-order valence-electron chi connectivity index (χ1n) is 10.6. The summed E-state index contributed by atoms with van der Waals surface area (Å²) in [7, 11) is 1.84. The molecule has 162 valence electrons. The van der Waals surface area contributed by atoms with E-state index in [0.717, 1.165) is 30.6 Å². The van der Waals surface area contributed by atoms with Crippen LogP contribution in [0.5, 0.6) is 0 Å². The Hall–Kier alpha value is -2.88. The number of tetrazole rings is 1. The Morgan fingerprint density at radius 1 is 1.13 bits per heavy atom. The third-order valence-corrected chi connectivity index (χ3v) is 7.63. The highest BCUT2D eigenvalue weighted by molar-refractivity contribution is 8.00. The van der Waals surface area contributed by atoms with Crippen LogP contribution in [-0.2, 0) is 11.8 Å². The van der Waals surface area contributed by atoms with E-state index in [-0.39, 0.29) is 16.7 Å². The Kier molecular flexibility index (Phi) is 5.17. The lowest BCUT2D eigenvalue weighted by Gasteiger charge is -2.38. The largest absolute Gasteiger partial charge is 0.352 e. The molecular formula is C21H25N7O2S. The van der Waals surface area contributed by atoms with E-state index in [2.05, 4.69) is 20.8 Å². The summed E-state index contributed by atoms with van der Waals surface area (Å²) in [5.74, 6) is 0.538. The minimum atomic E-state index is -0.260. The molecule has 1 aromatic carbocycles. The molecule has 2 aliphatic rings. The molecule has 0 spiro atoms. The average Bonchev–Trinajstić information content (AvgIpc) is 3.31. The molecule has 10 heteroatoms. The minimum Gasteiger partial charge on any atom is -0.352 e. The molecule has 1 saturated heterocycles. The van der Waals surface area contributed by atoms with Crippen LogP contribution in [0.2, 0.25) is 0 Å². The van der Waals surface area contributed by atoms with Gasteiger partial charge in [-0.05, 0) is 54.7 Å². The average molecular weight is 440 g/mol. The summed E-state index contributed by atoms with van der Waals surface area (Å²) in [6.45, 7) is 1.87. The number of fused-ring (bicyclic) bond motifs is 1. The number of carbonyl (C=O) groups is 1. The summed E-state index contributed by atoms with van der Waals surface area (Å²) in [4.78, 5) is 26.1. The SMILES string of the molecule is Cc1c(-n2nnnc2SC2CC3CCCCC3NC2=O)c(=O)n(-c2ccccc2)n1C. The van der Waals surface area contributed by atoms with Gasteiger partial charge < -0.3 is 5.32 Å². The van der Waals surface area contributed by atoms with E-state index in [1.807, 2.05) is 44.3 Å². The molecule has 1 aliphatic carbocycles. The lowest BCUT2D eigenvalue weighted by Crippen LogP contribution is -2.51. The van der Waals surface area contributed by atoms with Crippen molar-refractivity contribution in [3.8, 4) is 11.4 Å². The molecule has 1 N–H and O–H groups in total. The second-order valence-corrected chi connectivity index (χ2v) is 9.46. The van der Waals surface area contributed by atoms with Gasteiger partial charge in [-0.1, -0.05) is 42.8 Å². The van der Waals surface area contributed by atoms with Crippen molar-refractivity contribution < 1.29 is 4.79 Å². The van der Waals surface area contributed by atoms with E-state index in [0.29, 0.717) is 22.8 Å². The second kappa shape index (κ2) is 7.99. The Bertz CT molecular complexity index is 1170. The van der Waals surface area contributed by atoms with Crippen molar-refractivity contribution in [2.45, 2.75) is 55.5 Å². The van der Waals surface area contributed by atoms with E-state index >= 15 is 0 Å². The van der Waals surface area contributed by atoms with Crippen LogP contribution in [0.4, 0.5) is 0 Å². The fourth-order valence-electron chi connectivity index (χ4n) is 4.76. The van der Waals surface area contributed by atoms with E-state index in [1.54, 1.807) is 9.36 Å². The van der Waals surface area contributed by atoms with Crippen LogP contribution < -0.4 is 10.9 Å². The van der Waals surface area contributed by atoms with Gasteiger partial charge in [-0.2, -0.15) is 4.68 Å². The van der Waals surface area contributed by atoms with Gasteiger partial charge in [0.05, 0.1) is 16.6 Å². The van der Waals surface area contributed by atoms with Crippen LogP contribution in [0.1, 0.15) is 37.8 Å². The van der Waals surface area contributed by atoms with Crippen molar-refractivity contribution >= 4 is 17.7 Å². The number of hydrogen-bond acceptors (Lipinski definition) is 6. The highest BCUT2D eigenvalue weighted by Gasteiger charge is 2.38. The summed E-state index contributed by atoms with van der Waals surface area (Å²) in [5.41, 5.74) is 1.69. The third-order valence-electron chi connectivity index (χ3n) is 6.47. The molecule has 0 radical (unpaired) electrons. The summed E-state index contributed by atoms with van der Waals surface area (Å²) in [6, 6.07) is 9.75. The van der Waals surface area contributed by atoms with Crippen molar-refractivity contribution in [2.24, 2.45) is 13.0 Å². The summed E-state index contributed by atoms with van der Waals surface area (Å²) in [6.07, 6.45) is 5.42. The minimum absolute atomic E-state index is 0.0363. The number of benzene rings is 1. The molecule has 3 atom stereocenters. The maximum absolute atomic E-state index is 13.3. The number of rotatable bonds is 4. The fourth-order valence-corrected chi connectivity index (χ4v) is 5.84. The zero-order valence-corrected chi connectivity index (χ0v) is 18.4. The normalized spacial score (nSPS) is 23.4. The fraction of sp³-hybridized carbons (Fsp3) is 0.476. The first-order chi connectivity index (χ1) is 15.0. The number of nitrogens with zero attached hydrogens (tertiary/aromatic N) is 6. The molecule has 1 saturated carbocycles. The Morgan fingerprint density at radius 3 is 2.71 bits per heavy atom. The quantitative estimate of drug-likeness (QED) is 0.668. The number of nitrogens with one attached hydrogen (secondary N) is 1. The van der Waals surface area contributed by atoms with Crippen molar-refractivity contribution in [1.82, 2.24) is 34.9 Å². The molecule has 5 rings (SSSR count). The van der Waals surface area contributed by atoms with E-state index in [4.69, 9.17) is 0 Å². The van der Waals surface area contributed by atoms with Gasteiger partial charge in [0.25, 0.3) is 5.56 Å². The van der Waals surface area contributed by atoms with Crippen LogP contribution >= 0.6 is 11.8 Å². The molecule has 2 aromatic heterocycles. The maximum Gasteiger partial charge on any atom is 0.297 e. The number of carbonyl (C=O) groups excluding carboxylic acids is 1. The van der Waals surface area contributed by atoms with Gasteiger partial charge in [-0.3, -0.25) is 14.3 Å². The van der Waals surface area contributed by atoms with Crippen molar-refractivity contribution in [3.63, 3.8) is 0 Å². The van der Waals surface area contributed by atoms with Gasteiger partial charge in [0.15, 0.2) is 5.69 Å². The van der Waals surface area contributed by atoms with Crippen molar-refractivity contribution in [1.29, 1.82) is 0 Å². The lowest BCUT2D eigenvalue weighted by molar-refractivity contribution is -0.124. The summed E-state index contributed by atoms with van der Waals surface area (Å²) < 4.78 is 4.87. The molecule has 31 heavy (non-hydrogen) atoms. The number of piperidine rings is 1. The zero-order valence-electron chi connectivity index (χ0n) is 17.6. The summed E-state index contributed by atoms with van der Waals surface area (Å²) in [5, 5.41) is 15.5. The van der Waals surface area contributed by atoms with Gasteiger partial charge in [0, 0.05) is 13.1 Å². The highest BCUT2D eigenvalue weighted by Crippen LogP contribution is 2.37. The van der Waals surface area contributed by atoms with Gasteiger partial charge in [-0.25, -0.2) is 4.68 Å². The van der Waals surface area contributed by atoms with E-state index in [9.17, 15) is 9.59 Å². The third kappa shape index (κ3) is 3.48. The van der Waals surface area contributed by atoms with Crippen molar-refractivity contribution in [2.75, 3.05) is 0 Å². The van der Waals surface area contributed by atoms with Gasteiger partial charge in [0.2, 0.25) is 11.1 Å². The molecule has 3 unspecified atom stereocenters. The molecule has 1 aliphatic heterocycles. The van der Waals surface area contributed by atoms with Crippen LogP contribution in [0.15, 0.2) is 40.3 Å². The number of aromatic nitrogens is 6. The molecule has 3 heterocycles. The second-order valence-electron chi connectivity index (χ2n) is 8.29. The summed E-state index contributed by atoms with van der Waals surface area (Å²) >= 11 is 1.34. The van der Waals surface area contributed by atoms with Gasteiger partial charge in [0.1, 0.15) is 0 Å².